The lowest BCUT2D eigenvalue weighted by Crippen LogP contribution is -2.35. The van der Waals surface area contributed by atoms with Gasteiger partial charge in [-0.15, -0.1) is 0 Å². The minimum atomic E-state index is -0.997. The van der Waals surface area contributed by atoms with Gasteiger partial charge in [0.25, 0.3) is 0 Å². The third-order valence-electron chi connectivity index (χ3n) is 2.30. The first kappa shape index (κ1) is 13.0. The van der Waals surface area contributed by atoms with E-state index < -0.39 is 5.97 Å². The lowest BCUT2D eigenvalue weighted by molar-refractivity contribution is -0.119. The Balaban J connectivity index is 2.85. The van der Waals surface area contributed by atoms with E-state index in [2.05, 4.69) is 5.32 Å². The summed E-state index contributed by atoms with van der Waals surface area (Å²) < 4.78 is 0. The van der Waals surface area contributed by atoms with Gasteiger partial charge in [0.1, 0.15) is 0 Å². The van der Waals surface area contributed by atoms with E-state index in [1.165, 1.54) is 6.07 Å². The number of carboxylic acid groups (broad SMARTS) is 1. The molecule has 17 heavy (non-hydrogen) atoms. The predicted octanol–water partition coefficient (Wildman–Crippen LogP) is 0.957. The van der Waals surface area contributed by atoms with Crippen LogP contribution in [-0.4, -0.2) is 37.1 Å². The molecule has 0 aromatic heterocycles. The van der Waals surface area contributed by atoms with Crippen LogP contribution < -0.4 is 10.2 Å². The highest BCUT2D eigenvalue weighted by Crippen LogP contribution is 2.18. The summed E-state index contributed by atoms with van der Waals surface area (Å²) in [5.74, 6) is -1.13. The number of nitrogens with one attached hydrogen (secondary N) is 1. The highest BCUT2D eigenvalue weighted by molar-refractivity contribution is 5.95. The molecule has 1 aromatic rings. The first-order valence-corrected chi connectivity index (χ1v) is 5.36. The molecule has 0 aliphatic carbocycles. The van der Waals surface area contributed by atoms with Crippen LogP contribution in [0.4, 0.5) is 5.69 Å². The first-order chi connectivity index (χ1) is 8.06. The molecule has 1 rings (SSSR count). The van der Waals surface area contributed by atoms with Crippen molar-refractivity contribution < 1.29 is 14.7 Å². The van der Waals surface area contributed by atoms with Gasteiger partial charge >= 0.3 is 5.97 Å². The normalized spacial score (nSPS) is 9.76. The number of carbonyl (C=O) groups is 2. The summed E-state index contributed by atoms with van der Waals surface area (Å²) in [6, 6.07) is 6.61. The molecule has 0 aliphatic rings. The van der Waals surface area contributed by atoms with E-state index in [0.29, 0.717) is 12.2 Å². The van der Waals surface area contributed by atoms with Crippen LogP contribution >= 0.6 is 0 Å². The number of hydrogen-bond donors (Lipinski definition) is 2. The average Bonchev–Trinajstić information content (AvgIpc) is 2.29. The van der Waals surface area contributed by atoms with E-state index in [1.54, 1.807) is 30.1 Å². The van der Waals surface area contributed by atoms with E-state index in [1.807, 2.05) is 6.92 Å². The predicted molar refractivity (Wildman–Crippen MR) is 65.4 cm³/mol. The van der Waals surface area contributed by atoms with Gasteiger partial charge in [-0.3, -0.25) is 4.79 Å². The van der Waals surface area contributed by atoms with Gasteiger partial charge in [0.05, 0.1) is 17.8 Å². The minimum absolute atomic E-state index is 0.129. The molecule has 1 amide bonds. The maximum atomic E-state index is 11.4. The van der Waals surface area contributed by atoms with Gasteiger partial charge in [0.15, 0.2) is 0 Å². The van der Waals surface area contributed by atoms with E-state index in [9.17, 15) is 9.59 Å². The zero-order chi connectivity index (χ0) is 12.8. The number of benzene rings is 1. The highest BCUT2D eigenvalue weighted by atomic mass is 16.4. The number of anilines is 1. The number of amides is 1. The topological polar surface area (TPSA) is 69.6 Å². The van der Waals surface area contributed by atoms with E-state index in [4.69, 9.17) is 5.11 Å². The second-order valence-electron chi connectivity index (χ2n) is 3.63. The Morgan fingerprint density at radius 3 is 2.59 bits per heavy atom. The molecule has 0 unspecified atom stereocenters. The zero-order valence-corrected chi connectivity index (χ0v) is 9.93. The van der Waals surface area contributed by atoms with Crippen molar-refractivity contribution in [3.8, 4) is 0 Å². The molecule has 5 nitrogen and oxygen atoms in total. The quantitative estimate of drug-likeness (QED) is 0.798. The molecule has 92 valence electrons. The summed E-state index contributed by atoms with van der Waals surface area (Å²) in [5, 5.41) is 11.7. The molecule has 1 aromatic carbocycles. The molecule has 0 spiro atoms. The summed E-state index contributed by atoms with van der Waals surface area (Å²) in [6.45, 7) is 2.54. The number of likely N-dealkylation sites (N-methyl/N-ethyl adjacent to an activating group) is 2. The van der Waals surface area contributed by atoms with Gasteiger partial charge in [-0.2, -0.15) is 0 Å². The van der Waals surface area contributed by atoms with Crippen LogP contribution in [0.2, 0.25) is 0 Å². The summed E-state index contributed by atoms with van der Waals surface area (Å²) in [7, 11) is 1.69. The van der Waals surface area contributed by atoms with Gasteiger partial charge in [-0.25, -0.2) is 4.79 Å². The molecule has 0 radical (unpaired) electrons. The third-order valence-corrected chi connectivity index (χ3v) is 2.30. The first-order valence-electron chi connectivity index (χ1n) is 5.36. The Hall–Kier alpha value is -2.04. The van der Waals surface area contributed by atoms with Gasteiger partial charge in [0.2, 0.25) is 5.91 Å². The molecule has 0 saturated carbocycles. The van der Waals surface area contributed by atoms with Crippen LogP contribution in [0.1, 0.15) is 17.3 Å². The summed E-state index contributed by atoms with van der Waals surface area (Å²) in [6.07, 6.45) is 0. The van der Waals surface area contributed by atoms with E-state index in [-0.39, 0.29) is 18.0 Å². The minimum Gasteiger partial charge on any atom is -0.478 e. The van der Waals surface area contributed by atoms with Crippen molar-refractivity contribution in [3.63, 3.8) is 0 Å². The second kappa shape index (κ2) is 5.89. The van der Waals surface area contributed by atoms with Crippen molar-refractivity contribution in [1.29, 1.82) is 0 Å². The molecule has 0 bridgehead atoms. The van der Waals surface area contributed by atoms with Gasteiger partial charge < -0.3 is 15.3 Å². The average molecular weight is 236 g/mol. The van der Waals surface area contributed by atoms with Crippen molar-refractivity contribution in [1.82, 2.24) is 5.32 Å². The maximum absolute atomic E-state index is 11.4. The van der Waals surface area contributed by atoms with Crippen molar-refractivity contribution in [2.75, 3.05) is 25.0 Å². The van der Waals surface area contributed by atoms with Crippen LogP contribution in [0.25, 0.3) is 0 Å². The molecular formula is C12H16N2O3. The lowest BCUT2D eigenvalue weighted by atomic mass is 10.1. The highest BCUT2D eigenvalue weighted by Gasteiger charge is 2.14. The van der Waals surface area contributed by atoms with Crippen LogP contribution in [0, 0.1) is 0 Å². The monoisotopic (exact) mass is 236 g/mol. The molecule has 0 atom stereocenters. The summed E-state index contributed by atoms with van der Waals surface area (Å²) in [5.41, 5.74) is 0.727. The van der Waals surface area contributed by atoms with Crippen LogP contribution in [0.3, 0.4) is 0 Å². The Labute approximate surface area is 100 Å². The fourth-order valence-corrected chi connectivity index (χ4v) is 1.54. The number of rotatable bonds is 5. The van der Waals surface area contributed by atoms with E-state index in [0.717, 1.165) is 0 Å². The fourth-order valence-electron chi connectivity index (χ4n) is 1.54. The SMILES string of the molecule is CCNC(=O)CN(C)c1ccccc1C(=O)O. The number of carboxylic acids is 1. The fraction of sp³-hybridized carbons (Fsp3) is 0.333. The smallest absolute Gasteiger partial charge is 0.337 e. The molecule has 0 heterocycles. The second-order valence-corrected chi connectivity index (χ2v) is 3.63. The number of nitrogens with zero attached hydrogens (tertiary/aromatic N) is 1. The Morgan fingerprint density at radius 2 is 2.00 bits per heavy atom. The number of carbonyl (C=O) groups excluding carboxylic acids is 1. The maximum Gasteiger partial charge on any atom is 0.337 e. The van der Waals surface area contributed by atoms with Crippen molar-refractivity contribution in [3.05, 3.63) is 29.8 Å². The Bertz CT molecular complexity index is 418. The van der Waals surface area contributed by atoms with Crippen LogP contribution in [0.15, 0.2) is 24.3 Å². The number of hydrogen-bond acceptors (Lipinski definition) is 3. The van der Waals surface area contributed by atoms with Crippen molar-refractivity contribution in [2.45, 2.75) is 6.92 Å². The largest absolute Gasteiger partial charge is 0.478 e. The van der Waals surface area contributed by atoms with Crippen LogP contribution in [0.5, 0.6) is 0 Å². The van der Waals surface area contributed by atoms with E-state index >= 15 is 0 Å². The Kier molecular flexibility index (Phi) is 4.51. The van der Waals surface area contributed by atoms with Gasteiger partial charge in [0, 0.05) is 13.6 Å². The number of aromatic carboxylic acids is 1. The molecule has 0 saturated heterocycles. The molecule has 0 fully saturated rings. The van der Waals surface area contributed by atoms with Crippen molar-refractivity contribution >= 4 is 17.6 Å². The number of para-hydroxylation sites is 1. The molecule has 0 aliphatic heterocycles. The van der Waals surface area contributed by atoms with Gasteiger partial charge in [-0.05, 0) is 19.1 Å². The van der Waals surface area contributed by atoms with Crippen molar-refractivity contribution in [2.24, 2.45) is 0 Å². The standard InChI is InChI=1S/C12H16N2O3/c1-3-13-11(15)8-14(2)10-7-5-4-6-9(10)12(16)17/h4-7H,3,8H2,1-2H3,(H,13,15)(H,16,17). The lowest BCUT2D eigenvalue weighted by Gasteiger charge is -2.20. The molecule has 2 N–H and O–H groups in total. The van der Waals surface area contributed by atoms with Crippen LogP contribution in [-0.2, 0) is 4.79 Å². The zero-order valence-electron chi connectivity index (χ0n) is 9.93. The summed E-state index contributed by atoms with van der Waals surface area (Å²) >= 11 is 0. The molecular weight excluding hydrogens is 220 g/mol. The Morgan fingerprint density at radius 1 is 1.35 bits per heavy atom. The third kappa shape index (κ3) is 3.48. The summed E-state index contributed by atoms with van der Waals surface area (Å²) in [4.78, 5) is 24.0. The molecule has 5 heteroatoms. The van der Waals surface area contributed by atoms with Gasteiger partial charge in [-0.1, -0.05) is 12.1 Å².